The van der Waals surface area contributed by atoms with Gasteiger partial charge in [0.1, 0.15) is 10.8 Å². The highest BCUT2D eigenvalue weighted by atomic mass is 35.5. The first-order valence-electron chi connectivity index (χ1n) is 7.07. The van der Waals surface area contributed by atoms with E-state index in [1.54, 1.807) is 12.1 Å². The first kappa shape index (κ1) is 16.4. The zero-order valence-electron chi connectivity index (χ0n) is 12.7. The Morgan fingerprint density at radius 1 is 1.29 bits per heavy atom. The molecule has 2 aromatic rings. The fourth-order valence-corrected chi connectivity index (χ4v) is 3.37. The van der Waals surface area contributed by atoms with Crippen LogP contribution in [0, 0.1) is 5.82 Å². The van der Waals surface area contributed by atoms with Crippen LogP contribution in [-0.4, -0.2) is 11.0 Å². The predicted molar refractivity (Wildman–Crippen MR) is 88.6 cm³/mol. The van der Waals surface area contributed by atoms with Gasteiger partial charge >= 0.3 is 0 Å². The minimum atomic E-state index is -0.285. The lowest BCUT2D eigenvalue weighted by Gasteiger charge is -2.09. The zero-order valence-corrected chi connectivity index (χ0v) is 14.3. The number of nitrogens with one attached hydrogen (secondary N) is 1. The summed E-state index contributed by atoms with van der Waals surface area (Å²) in [5.74, 6) is 0.0213. The Kier molecular flexibility index (Phi) is 5.36. The van der Waals surface area contributed by atoms with Gasteiger partial charge in [0.2, 0.25) is 0 Å². The molecule has 0 unspecified atom stereocenters. The molecule has 1 N–H and O–H groups in total. The minimum Gasteiger partial charge on any atom is -0.310 e. The predicted octanol–water partition coefficient (Wildman–Crippen LogP) is 5.22. The van der Waals surface area contributed by atoms with E-state index in [2.05, 4.69) is 38.0 Å². The van der Waals surface area contributed by atoms with Crippen molar-refractivity contribution in [2.75, 3.05) is 0 Å². The first-order valence-corrected chi connectivity index (χ1v) is 8.26. The highest BCUT2D eigenvalue weighted by molar-refractivity contribution is 7.15. The molecule has 5 heteroatoms. The second-order valence-corrected chi connectivity index (χ2v) is 7.16. The van der Waals surface area contributed by atoms with E-state index in [0.29, 0.717) is 27.6 Å². The van der Waals surface area contributed by atoms with Crippen LogP contribution in [0.3, 0.4) is 0 Å². The van der Waals surface area contributed by atoms with Crippen molar-refractivity contribution in [1.82, 2.24) is 10.3 Å². The van der Waals surface area contributed by atoms with E-state index in [0.717, 1.165) is 17.1 Å². The monoisotopic (exact) mass is 326 g/mol. The Balaban J connectivity index is 2.41. The van der Waals surface area contributed by atoms with Gasteiger partial charge in [-0.2, -0.15) is 0 Å². The summed E-state index contributed by atoms with van der Waals surface area (Å²) in [4.78, 5) is 5.80. The van der Waals surface area contributed by atoms with Crippen LogP contribution in [0.25, 0.3) is 10.6 Å². The molecule has 0 bridgehead atoms. The van der Waals surface area contributed by atoms with Crippen LogP contribution in [-0.2, 0) is 6.54 Å². The summed E-state index contributed by atoms with van der Waals surface area (Å²) in [6, 6.07) is 4.98. The van der Waals surface area contributed by atoms with Crippen molar-refractivity contribution in [3.8, 4) is 10.6 Å². The number of thiazole rings is 1. The van der Waals surface area contributed by atoms with Crippen LogP contribution in [0.15, 0.2) is 18.2 Å². The van der Waals surface area contributed by atoms with E-state index in [9.17, 15) is 4.39 Å². The molecule has 0 aliphatic carbocycles. The van der Waals surface area contributed by atoms with Crippen molar-refractivity contribution in [3.63, 3.8) is 0 Å². The highest BCUT2D eigenvalue weighted by Gasteiger charge is 2.17. The van der Waals surface area contributed by atoms with E-state index in [1.165, 1.54) is 17.4 Å². The minimum absolute atomic E-state index is 0.285. The van der Waals surface area contributed by atoms with Crippen LogP contribution in [0.4, 0.5) is 4.39 Å². The molecule has 2 nitrogen and oxygen atoms in total. The molecule has 0 saturated carbocycles. The van der Waals surface area contributed by atoms with Gasteiger partial charge in [0.25, 0.3) is 0 Å². The van der Waals surface area contributed by atoms with Gasteiger partial charge in [0.05, 0.1) is 5.69 Å². The molecule has 0 atom stereocenters. The van der Waals surface area contributed by atoms with E-state index in [4.69, 9.17) is 11.6 Å². The Labute approximate surface area is 134 Å². The van der Waals surface area contributed by atoms with Gasteiger partial charge < -0.3 is 5.32 Å². The molecule has 114 valence electrons. The summed E-state index contributed by atoms with van der Waals surface area (Å²) in [6.45, 7) is 9.17. The normalized spacial score (nSPS) is 11.6. The van der Waals surface area contributed by atoms with Crippen LogP contribution >= 0.6 is 22.9 Å². The van der Waals surface area contributed by atoms with Gasteiger partial charge in [-0.25, -0.2) is 9.37 Å². The summed E-state index contributed by atoms with van der Waals surface area (Å²) in [6.07, 6.45) is 0. The molecule has 0 fully saturated rings. The van der Waals surface area contributed by atoms with Crippen molar-refractivity contribution in [3.05, 3.63) is 39.6 Å². The number of halogens is 2. The fraction of sp³-hybridized carbons (Fsp3) is 0.438. The lowest BCUT2D eigenvalue weighted by molar-refractivity contribution is 0.588. The Morgan fingerprint density at radius 3 is 2.62 bits per heavy atom. The third-order valence-corrected chi connectivity index (χ3v) is 4.44. The number of nitrogens with zero attached hydrogens (tertiary/aromatic N) is 1. The van der Waals surface area contributed by atoms with Crippen LogP contribution < -0.4 is 5.32 Å². The Bertz CT molecular complexity index is 623. The lowest BCUT2D eigenvalue weighted by Crippen LogP contribution is -2.22. The van der Waals surface area contributed by atoms with Gasteiger partial charge in [-0.15, -0.1) is 11.3 Å². The quantitative estimate of drug-likeness (QED) is 0.814. The summed E-state index contributed by atoms with van der Waals surface area (Å²) >= 11 is 7.51. The van der Waals surface area contributed by atoms with Crippen LogP contribution in [0.1, 0.15) is 44.2 Å². The lowest BCUT2D eigenvalue weighted by atomic mass is 10.1. The molecule has 0 spiro atoms. The summed E-state index contributed by atoms with van der Waals surface area (Å²) in [5, 5.41) is 4.61. The maximum absolute atomic E-state index is 14.0. The topological polar surface area (TPSA) is 24.9 Å². The first-order chi connectivity index (χ1) is 9.88. The van der Waals surface area contributed by atoms with Gasteiger partial charge in [-0.3, -0.25) is 0 Å². The molecular weight excluding hydrogens is 307 g/mol. The van der Waals surface area contributed by atoms with Crippen molar-refractivity contribution >= 4 is 22.9 Å². The summed E-state index contributed by atoms with van der Waals surface area (Å²) in [7, 11) is 0. The number of benzene rings is 1. The molecule has 0 aliphatic heterocycles. The molecule has 21 heavy (non-hydrogen) atoms. The molecule has 0 aliphatic rings. The summed E-state index contributed by atoms with van der Waals surface area (Å²) in [5.41, 5.74) is 1.51. The number of aromatic nitrogens is 1. The molecule has 0 amide bonds. The second kappa shape index (κ2) is 6.86. The molecule has 1 aromatic carbocycles. The SMILES string of the molecule is CC(C)NCc1sc(-c2cc(Cl)ccc2F)nc1C(C)C. The molecule has 0 radical (unpaired) electrons. The van der Waals surface area contributed by atoms with Gasteiger partial charge in [-0.05, 0) is 24.1 Å². The number of hydrogen-bond donors (Lipinski definition) is 1. The van der Waals surface area contributed by atoms with Crippen LogP contribution in [0.2, 0.25) is 5.02 Å². The standard InChI is InChI=1S/C16H20ClFN2S/c1-9(2)15-14(8-19-10(3)4)21-16(20-15)12-7-11(17)5-6-13(12)18/h5-7,9-10,19H,8H2,1-4H3. The maximum atomic E-state index is 14.0. The number of rotatable bonds is 5. The molecule has 2 rings (SSSR count). The highest BCUT2D eigenvalue weighted by Crippen LogP contribution is 2.34. The van der Waals surface area contributed by atoms with E-state index < -0.39 is 0 Å². The Hall–Kier alpha value is -0.970. The van der Waals surface area contributed by atoms with E-state index in [-0.39, 0.29) is 5.82 Å². The maximum Gasteiger partial charge on any atom is 0.133 e. The van der Waals surface area contributed by atoms with E-state index in [1.807, 2.05) is 0 Å². The zero-order chi connectivity index (χ0) is 15.6. The average molecular weight is 327 g/mol. The van der Waals surface area contributed by atoms with Crippen molar-refractivity contribution in [1.29, 1.82) is 0 Å². The van der Waals surface area contributed by atoms with Crippen LogP contribution in [0.5, 0.6) is 0 Å². The van der Waals surface area contributed by atoms with Gasteiger partial charge in [0, 0.05) is 28.0 Å². The third-order valence-electron chi connectivity index (χ3n) is 3.10. The van der Waals surface area contributed by atoms with Gasteiger partial charge in [0.15, 0.2) is 0 Å². The third kappa shape index (κ3) is 4.02. The molecule has 0 saturated heterocycles. The number of hydrogen-bond acceptors (Lipinski definition) is 3. The van der Waals surface area contributed by atoms with Crippen molar-refractivity contribution < 1.29 is 4.39 Å². The summed E-state index contributed by atoms with van der Waals surface area (Å²) < 4.78 is 14.0. The second-order valence-electron chi connectivity index (χ2n) is 5.64. The van der Waals surface area contributed by atoms with Crippen molar-refractivity contribution in [2.24, 2.45) is 0 Å². The molecular formula is C16H20ClFN2S. The van der Waals surface area contributed by atoms with E-state index >= 15 is 0 Å². The average Bonchev–Trinajstić information content (AvgIpc) is 2.83. The largest absolute Gasteiger partial charge is 0.310 e. The fourth-order valence-electron chi connectivity index (χ4n) is 2.01. The van der Waals surface area contributed by atoms with Crippen molar-refractivity contribution in [2.45, 2.75) is 46.2 Å². The Morgan fingerprint density at radius 2 is 2.00 bits per heavy atom. The smallest absolute Gasteiger partial charge is 0.133 e. The molecule has 1 aromatic heterocycles. The van der Waals surface area contributed by atoms with Gasteiger partial charge in [-0.1, -0.05) is 39.3 Å². The molecule has 1 heterocycles.